The third-order valence-corrected chi connectivity index (χ3v) is 3.41. The van der Waals surface area contributed by atoms with Gasteiger partial charge in [-0.15, -0.1) is 0 Å². The van der Waals surface area contributed by atoms with Crippen LogP contribution in [0.4, 0.5) is 0 Å². The average Bonchev–Trinajstić information content (AvgIpc) is 2.38. The SMILES string of the molecule is CC(C)(C)C1(c2ccccc2)OCCC(C(=O)O)O1. The molecule has 1 fully saturated rings. The number of ether oxygens (including phenoxy) is 2. The van der Waals surface area contributed by atoms with Crippen molar-refractivity contribution in [2.45, 2.75) is 39.1 Å². The summed E-state index contributed by atoms with van der Waals surface area (Å²) in [5.74, 6) is -1.96. The lowest BCUT2D eigenvalue weighted by Crippen LogP contribution is -2.52. The summed E-state index contributed by atoms with van der Waals surface area (Å²) in [6, 6.07) is 9.54. The molecule has 0 bridgehead atoms. The third kappa shape index (κ3) is 2.51. The highest BCUT2D eigenvalue weighted by Crippen LogP contribution is 2.46. The van der Waals surface area contributed by atoms with E-state index in [0.717, 1.165) is 5.56 Å². The zero-order valence-corrected chi connectivity index (χ0v) is 11.6. The molecule has 0 amide bonds. The van der Waals surface area contributed by atoms with Gasteiger partial charge in [0.2, 0.25) is 5.79 Å². The fraction of sp³-hybridized carbons (Fsp3) is 0.533. The van der Waals surface area contributed by atoms with E-state index < -0.39 is 17.9 Å². The van der Waals surface area contributed by atoms with Gasteiger partial charge < -0.3 is 14.6 Å². The molecular formula is C15H20O4. The first-order valence-electron chi connectivity index (χ1n) is 6.47. The van der Waals surface area contributed by atoms with Crippen LogP contribution in [0.1, 0.15) is 32.8 Å². The minimum atomic E-state index is -1.02. The molecule has 4 nitrogen and oxygen atoms in total. The molecule has 104 valence electrons. The fourth-order valence-electron chi connectivity index (χ4n) is 2.41. The first-order chi connectivity index (χ1) is 8.87. The van der Waals surface area contributed by atoms with E-state index in [-0.39, 0.29) is 5.41 Å². The highest BCUT2D eigenvalue weighted by Gasteiger charge is 2.51. The Labute approximate surface area is 113 Å². The van der Waals surface area contributed by atoms with Gasteiger partial charge in [0, 0.05) is 17.4 Å². The van der Waals surface area contributed by atoms with Gasteiger partial charge in [-0.25, -0.2) is 4.79 Å². The number of rotatable bonds is 2. The van der Waals surface area contributed by atoms with Crippen molar-refractivity contribution in [2.75, 3.05) is 6.61 Å². The molecule has 1 saturated heterocycles. The van der Waals surface area contributed by atoms with Crippen LogP contribution < -0.4 is 0 Å². The van der Waals surface area contributed by atoms with E-state index in [1.165, 1.54) is 0 Å². The van der Waals surface area contributed by atoms with E-state index in [4.69, 9.17) is 9.47 Å². The van der Waals surface area contributed by atoms with E-state index >= 15 is 0 Å². The number of benzene rings is 1. The Morgan fingerprint density at radius 1 is 1.32 bits per heavy atom. The second-order valence-corrected chi connectivity index (χ2v) is 5.81. The summed E-state index contributed by atoms with van der Waals surface area (Å²) in [5.41, 5.74) is 0.483. The number of hydrogen-bond acceptors (Lipinski definition) is 3. The molecule has 1 aliphatic rings. The minimum absolute atomic E-state index is 0.373. The molecule has 0 aliphatic carbocycles. The highest BCUT2D eigenvalue weighted by atomic mass is 16.7. The molecule has 0 aromatic heterocycles. The molecule has 0 radical (unpaired) electrons. The number of carboxylic acid groups (broad SMARTS) is 1. The smallest absolute Gasteiger partial charge is 0.333 e. The quantitative estimate of drug-likeness (QED) is 0.892. The van der Waals surface area contributed by atoms with Crippen molar-refractivity contribution >= 4 is 5.97 Å². The van der Waals surface area contributed by atoms with Crippen molar-refractivity contribution in [3.8, 4) is 0 Å². The summed E-state index contributed by atoms with van der Waals surface area (Å²) in [5, 5.41) is 9.20. The average molecular weight is 264 g/mol. The first-order valence-corrected chi connectivity index (χ1v) is 6.47. The zero-order valence-electron chi connectivity index (χ0n) is 11.6. The topological polar surface area (TPSA) is 55.8 Å². The second-order valence-electron chi connectivity index (χ2n) is 5.81. The van der Waals surface area contributed by atoms with E-state index in [0.29, 0.717) is 13.0 Å². The van der Waals surface area contributed by atoms with E-state index in [1.54, 1.807) is 0 Å². The maximum atomic E-state index is 11.2. The molecule has 1 aromatic rings. The molecule has 19 heavy (non-hydrogen) atoms. The molecule has 4 heteroatoms. The number of carbonyl (C=O) groups is 1. The lowest BCUT2D eigenvalue weighted by molar-refractivity contribution is -0.342. The Bertz CT molecular complexity index is 449. The molecule has 0 spiro atoms. The molecule has 0 saturated carbocycles. The largest absolute Gasteiger partial charge is 0.479 e. The summed E-state index contributed by atoms with van der Waals surface area (Å²) >= 11 is 0. The van der Waals surface area contributed by atoms with E-state index in [1.807, 2.05) is 51.1 Å². The zero-order chi connectivity index (χ0) is 14.1. The van der Waals surface area contributed by atoms with Gasteiger partial charge in [-0.2, -0.15) is 0 Å². The Balaban J connectivity index is 2.45. The van der Waals surface area contributed by atoms with Gasteiger partial charge in [0.1, 0.15) is 0 Å². The third-order valence-electron chi connectivity index (χ3n) is 3.41. The standard InChI is InChI=1S/C15H20O4/c1-14(2,3)15(11-7-5-4-6-8-11)18-10-9-12(19-15)13(16)17/h4-8,12H,9-10H2,1-3H3,(H,16,17). The normalized spacial score (nSPS) is 28.1. The van der Waals surface area contributed by atoms with Gasteiger partial charge in [0.05, 0.1) is 6.61 Å². The van der Waals surface area contributed by atoms with Crippen LogP contribution >= 0.6 is 0 Å². The van der Waals surface area contributed by atoms with Gasteiger partial charge >= 0.3 is 5.97 Å². The van der Waals surface area contributed by atoms with Crippen LogP contribution in [-0.4, -0.2) is 23.8 Å². The molecule has 2 unspecified atom stereocenters. The highest BCUT2D eigenvalue weighted by molar-refractivity contribution is 5.72. The van der Waals surface area contributed by atoms with Gasteiger partial charge in [0.15, 0.2) is 6.10 Å². The molecule has 2 atom stereocenters. The Kier molecular flexibility index (Phi) is 3.65. The predicted molar refractivity (Wildman–Crippen MR) is 70.7 cm³/mol. The first kappa shape index (κ1) is 14.0. The maximum Gasteiger partial charge on any atom is 0.333 e. The van der Waals surface area contributed by atoms with Crippen molar-refractivity contribution in [1.29, 1.82) is 0 Å². The number of carboxylic acids is 1. The number of aliphatic carboxylic acids is 1. The summed E-state index contributed by atoms with van der Waals surface area (Å²) in [4.78, 5) is 11.2. The van der Waals surface area contributed by atoms with Crippen LogP contribution in [0.25, 0.3) is 0 Å². The van der Waals surface area contributed by atoms with E-state index in [2.05, 4.69) is 0 Å². The number of hydrogen-bond donors (Lipinski definition) is 1. The van der Waals surface area contributed by atoms with Gasteiger partial charge in [0.25, 0.3) is 0 Å². The monoisotopic (exact) mass is 264 g/mol. The summed E-state index contributed by atoms with van der Waals surface area (Å²) in [7, 11) is 0. The Morgan fingerprint density at radius 3 is 2.47 bits per heavy atom. The van der Waals surface area contributed by atoms with Crippen LogP contribution in [0, 0.1) is 5.41 Å². The van der Waals surface area contributed by atoms with Crippen molar-refractivity contribution in [2.24, 2.45) is 5.41 Å². The fourth-order valence-corrected chi connectivity index (χ4v) is 2.41. The predicted octanol–water partition coefficient (Wildman–Crippen LogP) is 2.78. The summed E-state index contributed by atoms with van der Waals surface area (Å²) in [6.07, 6.45) is -0.451. The molecule has 2 rings (SSSR count). The summed E-state index contributed by atoms with van der Waals surface area (Å²) in [6.45, 7) is 6.35. The maximum absolute atomic E-state index is 11.2. The van der Waals surface area contributed by atoms with Crippen LogP contribution in [-0.2, 0) is 20.1 Å². The van der Waals surface area contributed by atoms with Crippen molar-refractivity contribution in [3.05, 3.63) is 35.9 Å². The second kappa shape index (κ2) is 4.94. The van der Waals surface area contributed by atoms with Crippen LogP contribution in [0.15, 0.2) is 30.3 Å². The summed E-state index contributed by atoms with van der Waals surface area (Å²) < 4.78 is 11.8. The Morgan fingerprint density at radius 2 is 1.95 bits per heavy atom. The van der Waals surface area contributed by atoms with Crippen LogP contribution in [0.5, 0.6) is 0 Å². The van der Waals surface area contributed by atoms with Gasteiger partial charge in [-0.05, 0) is 0 Å². The lowest BCUT2D eigenvalue weighted by Gasteiger charge is -2.48. The molecule has 1 aliphatic heterocycles. The van der Waals surface area contributed by atoms with Crippen molar-refractivity contribution in [3.63, 3.8) is 0 Å². The molecular weight excluding hydrogens is 244 g/mol. The molecule has 1 aromatic carbocycles. The van der Waals surface area contributed by atoms with Crippen LogP contribution in [0.3, 0.4) is 0 Å². The van der Waals surface area contributed by atoms with Gasteiger partial charge in [-0.1, -0.05) is 51.1 Å². The molecule has 1 N–H and O–H groups in total. The van der Waals surface area contributed by atoms with E-state index in [9.17, 15) is 9.90 Å². The molecule has 1 heterocycles. The minimum Gasteiger partial charge on any atom is -0.479 e. The van der Waals surface area contributed by atoms with Crippen LogP contribution in [0.2, 0.25) is 0 Å². The Hall–Kier alpha value is -1.39. The lowest BCUT2D eigenvalue weighted by atomic mass is 9.80. The van der Waals surface area contributed by atoms with Crippen molar-refractivity contribution < 1.29 is 19.4 Å². The van der Waals surface area contributed by atoms with Gasteiger partial charge in [-0.3, -0.25) is 0 Å². The van der Waals surface area contributed by atoms with Crippen molar-refractivity contribution in [1.82, 2.24) is 0 Å².